The highest BCUT2D eigenvalue weighted by Crippen LogP contribution is 2.56. The van der Waals surface area contributed by atoms with Crippen LogP contribution in [-0.2, 0) is 0 Å². The second kappa shape index (κ2) is 4.72. The zero-order valence-corrected chi connectivity index (χ0v) is 12.1. The second-order valence-corrected chi connectivity index (χ2v) is 9.33. The molecule has 2 aliphatic rings. The Kier molecular flexibility index (Phi) is 4.00. The predicted molar refractivity (Wildman–Crippen MR) is 76.2 cm³/mol. The smallest absolute Gasteiger partial charge is 0.0737 e. The molecule has 0 aromatic carbocycles. The SMILES string of the molecule is CCC1(C(S)C2CS2)SCCC(C)S1. The molecule has 2 rings (SSSR count). The summed E-state index contributed by atoms with van der Waals surface area (Å²) in [5.74, 6) is 2.67. The van der Waals surface area contributed by atoms with Crippen LogP contribution in [0.3, 0.4) is 0 Å². The Morgan fingerprint density at radius 2 is 2.29 bits per heavy atom. The van der Waals surface area contributed by atoms with E-state index in [4.69, 9.17) is 12.6 Å². The molecule has 0 aromatic rings. The molecule has 0 spiro atoms. The number of hydrogen-bond acceptors (Lipinski definition) is 4. The predicted octanol–water partition coefficient (Wildman–Crippen LogP) is 3.77. The molecule has 4 unspecified atom stereocenters. The quantitative estimate of drug-likeness (QED) is 0.610. The molecule has 0 radical (unpaired) electrons. The number of rotatable bonds is 3. The van der Waals surface area contributed by atoms with Gasteiger partial charge in [-0.25, -0.2) is 0 Å². The van der Waals surface area contributed by atoms with Crippen molar-refractivity contribution in [2.45, 2.75) is 46.5 Å². The highest BCUT2D eigenvalue weighted by atomic mass is 32.2. The van der Waals surface area contributed by atoms with E-state index in [0.717, 1.165) is 10.5 Å². The third-order valence-electron chi connectivity index (χ3n) is 2.93. The first-order chi connectivity index (χ1) is 6.68. The van der Waals surface area contributed by atoms with Gasteiger partial charge in [0.15, 0.2) is 0 Å². The normalized spacial score (nSPS) is 44.8. The Morgan fingerprint density at radius 1 is 1.57 bits per heavy atom. The third kappa shape index (κ3) is 2.38. The van der Waals surface area contributed by atoms with E-state index in [-0.39, 0.29) is 0 Å². The summed E-state index contributed by atoms with van der Waals surface area (Å²) in [5.41, 5.74) is 0. The van der Waals surface area contributed by atoms with Crippen molar-refractivity contribution in [2.24, 2.45) is 0 Å². The van der Waals surface area contributed by atoms with E-state index in [1.54, 1.807) is 0 Å². The van der Waals surface area contributed by atoms with E-state index in [9.17, 15) is 0 Å². The zero-order chi connectivity index (χ0) is 10.2. The van der Waals surface area contributed by atoms with E-state index in [1.165, 1.54) is 24.3 Å². The molecule has 14 heavy (non-hydrogen) atoms. The molecule has 0 saturated carbocycles. The summed E-state index contributed by atoms with van der Waals surface area (Å²) in [6.07, 6.45) is 2.63. The van der Waals surface area contributed by atoms with Gasteiger partial charge in [-0.2, -0.15) is 24.4 Å². The molecule has 0 nitrogen and oxygen atoms in total. The zero-order valence-electron chi connectivity index (χ0n) is 8.73. The topological polar surface area (TPSA) is 0 Å². The largest absolute Gasteiger partial charge is 0.172 e. The van der Waals surface area contributed by atoms with E-state index < -0.39 is 0 Å². The first kappa shape index (κ1) is 11.9. The fraction of sp³-hybridized carbons (Fsp3) is 1.00. The molecule has 0 aromatic heterocycles. The van der Waals surface area contributed by atoms with Crippen molar-refractivity contribution in [3.05, 3.63) is 0 Å². The van der Waals surface area contributed by atoms with E-state index >= 15 is 0 Å². The molecule has 4 heteroatoms. The maximum atomic E-state index is 4.87. The summed E-state index contributed by atoms with van der Waals surface area (Å²) in [6, 6.07) is 0. The van der Waals surface area contributed by atoms with Crippen molar-refractivity contribution in [1.82, 2.24) is 0 Å². The molecule has 2 fully saturated rings. The van der Waals surface area contributed by atoms with Gasteiger partial charge in [0.1, 0.15) is 0 Å². The lowest BCUT2D eigenvalue weighted by Gasteiger charge is -2.42. The van der Waals surface area contributed by atoms with Gasteiger partial charge in [0, 0.05) is 21.5 Å². The molecule has 0 amide bonds. The lowest BCUT2D eigenvalue weighted by atomic mass is 10.2. The van der Waals surface area contributed by atoms with Crippen LogP contribution < -0.4 is 0 Å². The summed E-state index contributed by atoms with van der Waals surface area (Å²) in [4.78, 5) is 0. The van der Waals surface area contributed by atoms with Gasteiger partial charge in [0.25, 0.3) is 0 Å². The summed E-state index contributed by atoms with van der Waals surface area (Å²) in [5, 5.41) is 2.26. The van der Waals surface area contributed by atoms with Gasteiger partial charge in [-0.1, -0.05) is 13.8 Å². The Labute approximate surface area is 106 Å². The van der Waals surface area contributed by atoms with Crippen molar-refractivity contribution < 1.29 is 0 Å². The maximum absolute atomic E-state index is 4.87. The molecular weight excluding hydrogens is 248 g/mol. The first-order valence-electron chi connectivity index (χ1n) is 5.29. The molecule has 2 heterocycles. The average Bonchev–Trinajstić information content (AvgIpc) is 3.00. The summed E-state index contributed by atoms with van der Waals surface area (Å²) >= 11 is 11.3. The molecule has 0 bridgehead atoms. The minimum Gasteiger partial charge on any atom is -0.172 e. The fourth-order valence-electron chi connectivity index (χ4n) is 1.90. The van der Waals surface area contributed by atoms with Crippen molar-refractivity contribution in [2.75, 3.05) is 11.5 Å². The Hall–Kier alpha value is 1.40. The van der Waals surface area contributed by atoms with Crippen LogP contribution in [0.5, 0.6) is 0 Å². The van der Waals surface area contributed by atoms with Crippen LogP contribution in [0.15, 0.2) is 0 Å². The number of thiol groups is 1. The van der Waals surface area contributed by atoms with Crippen LogP contribution in [0.2, 0.25) is 0 Å². The lowest BCUT2D eigenvalue weighted by molar-refractivity contribution is 0.710. The molecular formula is C10H18S4. The lowest BCUT2D eigenvalue weighted by Crippen LogP contribution is -2.39. The van der Waals surface area contributed by atoms with E-state index in [1.807, 2.05) is 0 Å². The molecule has 2 saturated heterocycles. The summed E-state index contributed by atoms with van der Waals surface area (Å²) in [6.45, 7) is 4.70. The van der Waals surface area contributed by atoms with Crippen LogP contribution in [0, 0.1) is 0 Å². The van der Waals surface area contributed by atoms with Crippen molar-refractivity contribution in [1.29, 1.82) is 0 Å². The Morgan fingerprint density at radius 3 is 2.79 bits per heavy atom. The van der Waals surface area contributed by atoms with Gasteiger partial charge in [0.05, 0.1) is 4.08 Å². The van der Waals surface area contributed by atoms with Gasteiger partial charge >= 0.3 is 0 Å². The highest BCUT2D eigenvalue weighted by molar-refractivity contribution is 8.20. The fourth-order valence-corrected chi connectivity index (χ4v) is 7.79. The Balaban J connectivity index is 2.06. The standard InChI is InChI=1S/C10H18S4/c1-3-10(9(11)8-6-12-8)13-5-4-7(2)14-10/h7-9,11H,3-6H2,1-2H3. The monoisotopic (exact) mass is 266 g/mol. The molecule has 2 aliphatic heterocycles. The van der Waals surface area contributed by atoms with E-state index in [2.05, 4.69) is 49.1 Å². The minimum absolute atomic E-state index is 0.412. The Bertz CT molecular complexity index is 204. The van der Waals surface area contributed by atoms with Crippen LogP contribution in [-0.4, -0.2) is 31.3 Å². The van der Waals surface area contributed by atoms with Gasteiger partial charge in [0.2, 0.25) is 0 Å². The van der Waals surface area contributed by atoms with Gasteiger partial charge < -0.3 is 0 Å². The second-order valence-electron chi connectivity index (χ2n) is 4.05. The summed E-state index contributed by atoms with van der Waals surface area (Å²) in [7, 11) is 0. The van der Waals surface area contributed by atoms with Crippen molar-refractivity contribution in [3.8, 4) is 0 Å². The van der Waals surface area contributed by atoms with Crippen molar-refractivity contribution in [3.63, 3.8) is 0 Å². The van der Waals surface area contributed by atoms with Gasteiger partial charge in [-0.05, 0) is 18.6 Å². The maximum Gasteiger partial charge on any atom is 0.0737 e. The summed E-state index contributed by atoms with van der Waals surface area (Å²) < 4.78 is 0.412. The van der Waals surface area contributed by atoms with Crippen LogP contribution in [0.1, 0.15) is 26.7 Å². The molecule has 82 valence electrons. The van der Waals surface area contributed by atoms with Gasteiger partial charge in [-0.3, -0.25) is 0 Å². The first-order valence-corrected chi connectivity index (χ1v) is 8.72. The highest BCUT2D eigenvalue weighted by Gasteiger charge is 2.47. The third-order valence-corrected chi connectivity index (χ3v) is 8.96. The minimum atomic E-state index is 0.412. The number of thioether (sulfide) groups is 3. The van der Waals surface area contributed by atoms with Crippen LogP contribution in [0.25, 0.3) is 0 Å². The molecule has 0 aliphatic carbocycles. The molecule has 4 atom stereocenters. The van der Waals surface area contributed by atoms with Crippen LogP contribution >= 0.6 is 47.9 Å². The van der Waals surface area contributed by atoms with Crippen LogP contribution in [0.4, 0.5) is 0 Å². The number of hydrogen-bond donors (Lipinski definition) is 1. The van der Waals surface area contributed by atoms with Gasteiger partial charge in [-0.15, -0.1) is 23.5 Å². The van der Waals surface area contributed by atoms with E-state index in [0.29, 0.717) is 9.33 Å². The average molecular weight is 267 g/mol. The van der Waals surface area contributed by atoms with Crippen molar-refractivity contribution >= 4 is 47.9 Å². The molecule has 0 N–H and O–H groups in total.